The quantitative estimate of drug-likeness (QED) is 0.925. The van der Waals surface area contributed by atoms with Gasteiger partial charge in [0.2, 0.25) is 0 Å². The van der Waals surface area contributed by atoms with Gasteiger partial charge in [-0.1, -0.05) is 13.0 Å². The Balaban J connectivity index is 2.09. The van der Waals surface area contributed by atoms with Crippen molar-refractivity contribution < 1.29 is 23.4 Å². The first kappa shape index (κ1) is 14.7. The number of hydrogen-bond acceptors (Lipinski definition) is 3. The molecule has 0 spiro atoms. The van der Waals surface area contributed by atoms with Gasteiger partial charge in [-0.25, -0.2) is 0 Å². The van der Waals surface area contributed by atoms with Gasteiger partial charge in [0.15, 0.2) is 0 Å². The molecule has 1 aliphatic heterocycles. The lowest BCUT2D eigenvalue weighted by atomic mass is 9.95. The molecule has 2 rings (SSSR count). The third-order valence-electron chi connectivity index (χ3n) is 3.51. The van der Waals surface area contributed by atoms with E-state index >= 15 is 0 Å². The van der Waals surface area contributed by atoms with Crippen molar-refractivity contribution in [1.29, 1.82) is 0 Å². The predicted octanol–water partition coefficient (Wildman–Crippen LogP) is 2.13. The number of aliphatic hydroxyl groups is 1. The van der Waals surface area contributed by atoms with Gasteiger partial charge in [-0.2, -0.15) is 8.78 Å². The molecule has 4 nitrogen and oxygen atoms in total. The topological polar surface area (TPSA) is 49.8 Å². The molecule has 0 radical (unpaired) electrons. The number of likely N-dealkylation sites (tertiary alicyclic amines) is 1. The van der Waals surface area contributed by atoms with E-state index in [0.29, 0.717) is 6.54 Å². The maximum absolute atomic E-state index is 12.3. The second-order valence-corrected chi connectivity index (χ2v) is 4.99. The number of rotatable bonds is 3. The molecule has 1 fully saturated rings. The Morgan fingerprint density at radius 3 is 2.90 bits per heavy atom. The van der Waals surface area contributed by atoms with E-state index < -0.39 is 12.7 Å². The SMILES string of the molecule is CC1CCN(C(=O)c2cccc(OC(F)F)c2)CC1O. The molecule has 1 aromatic rings. The fraction of sp³-hybridized carbons (Fsp3) is 0.500. The van der Waals surface area contributed by atoms with E-state index in [-0.39, 0.29) is 29.7 Å². The van der Waals surface area contributed by atoms with Gasteiger partial charge < -0.3 is 14.7 Å². The first-order valence-corrected chi connectivity index (χ1v) is 6.49. The molecular formula is C14H17F2NO3. The van der Waals surface area contributed by atoms with Gasteiger partial charge in [0.25, 0.3) is 5.91 Å². The molecule has 110 valence electrons. The van der Waals surface area contributed by atoms with Crippen molar-refractivity contribution in [2.75, 3.05) is 13.1 Å². The molecule has 0 saturated carbocycles. The summed E-state index contributed by atoms with van der Waals surface area (Å²) in [5.74, 6) is -0.167. The van der Waals surface area contributed by atoms with Gasteiger partial charge in [-0.3, -0.25) is 4.79 Å². The third-order valence-corrected chi connectivity index (χ3v) is 3.51. The van der Waals surface area contributed by atoms with Crippen molar-refractivity contribution >= 4 is 5.91 Å². The molecule has 20 heavy (non-hydrogen) atoms. The van der Waals surface area contributed by atoms with Crippen LogP contribution in [0.3, 0.4) is 0 Å². The Labute approximate surface area is 116 Å². The largest absolute Gasteiger partial charge is 0.435 e. The number of benzene rings is 1. The molecule has 1 aromatic carbocycles. The number of piperidine rings is 1. The maximum Gasteiger partial charge on any atom is 0.387 e. The zero-order chi connectivity index (χ0) is 14.7. The molecule has 1 saturated heterocycles. The number of halogens is 2. The molecule has 6 heteroatoms. The number of ether oxygens (including phenoxy) is 1. The molecule has 1 N–H and O–H groups in total. The molecule has 2 unspecified atom stereocenters. The molecule has 1 aliphatic rings. The van der Waals surface area contributed by atoms with Gasteiger partial charge >= 0.3 is 6.61 Å². The summed E-state index contributed by atoms with van der Waals surface area (Å²) >= 11 is 0. The monoisotopic (exact) mass is 285 g/mol. The van der Waals surface area contributed by atoms with E-state index in [4.69, 9.17) is 0 Å². The number of hydrogen-bond donors (Lipinski definition) is 1. The van der Waals surface area contributed by atoms with Gasteiger partial charge in [0.1, 0.15) is 5.75 Å². The van der Waals surface area contributed by atoms with E-state index in [1.807, 2.05) is 6.92 Å². The summed E-state index contributed by atoms with van der Waals surface area (Å²) < 4.78 is 28.6. The highest BCUT2D eigenvalue weighted by atomic mass is 19.3. The highest BCUT2D eigenvalue weighted by Gasteiger charge is 2.28. The van der Waals surface area contributed by atoms with Crippen LogP contribution in [-0.2, 0) is 0 Å². The standard InChI is InChI=1S/C14H17F2NO3/c1-9-5-6-17(8-12(9)18)13(19)10-3-2-4-11(7-10)20-14(15)16/h2-4,7,9,12,14,18H,5-6,8H2,1H3. The minimum atomic E-state index is -2.92. The lowest BCUT2D eigenvalue weighted by Crippen LogP contribution is -2.45. The van der Waals surface area contributed by atoms with Gasteiger partial charge in [0.05, 0.1) is 6.10 Å². The number of aliphatic hydroxyl groups excluding tert-OH is 1. The van der Waals surface area contributed by atoms with E-state index in [9.17, 15) is 18.7 Å². The van der Waals surface area contributed by atoms with Gasteiger partial charge in [-0.15, -0.1) is 0 Å². The number of carbonyl (C=O) groups is 1. The summed E-state index contributed by atoms with van der Waals surface area (Å²) in [5, 5.41) is 9.80. The molecule has 1 heterocycles. The molecule has 1 amide bonds. The minimum Gasteiger partial charge on any atom is -0.435 e. The lowest BCUT2D eigenvalue weighted by Gasteiger charge is -2.34. The summed E-state index contributed by atoms with van der Waals surface area (Å²) in [6, 6.07) is 5.70. The fourth-order valence-corrected chi connectivity index (χ4v) is 2.22. The molecule has 0 aromatic heterocycles. The van der Waals surface area contributed by atoms with Crippen LogP contribution in [0.1, 0.15) is 23.7 Å². The zero-order valence-corrected chi connectivity index (χ0v) is 11.1. The van der Waals surface area contributed by atoms with Crippen molar-refractivity contribution in [1.82, 2.24) is 4.90 Å². The minimum absolute atomic E-state index is 0.0447. The summed E-state index contributed by atoms with van der Waals surface area (Å²) in [6.07, 6.45) is 0.174. The van der Waals surface area contributed by atoms with Gasteiger partial charge in [-0.05, 0) is 30.5 Å². The number of carbonyl (C=O) groups excluding carboxylic acids is 1. The number of β-amino-alcohol motifs (C(OH)–C–C–N with tert-alkyl or cyclic N) is 1. The highest BCUT2D eigenvalue weighted by molar-refractivity contribution is 5.94. The van der Waals surface area contributed by atoms with Crippen molar-refractivity contribution in [2.45, 2.75) is 26.1 Å². The lowest BCUT2D eigenvalue weighted by molar-refractivity contribution is -0.0499. The third kappa shape index (κ3) is 3.45. The fourth-order valence-electron chi connectivity index (χ4n) is 2.22. The average molecular weight is 285 g/mol. The average Bonchev–Trinajstić information content (AvgIpc) is 2.40. The van der Waals surface area contributed by atoms with Crippen LogP contribution in [0.5, 0.6) is 5.75 Å². The second kappa shape index (κ2) is 6.17. The summed E-state index contributed by atoms with van der Waals surface area (Å²) in [6.45, 7) is -0.168. The number of alkyl halides is 2. The van der Waals surface area contributed by atoms with Crippen LogP contribution in [0, 0.1) is 5.92 Å². The number of amides is 1. The van der Waals surface area contributed by atoms with Crippen molar-refractivity contribution in [3.8, 4) is 5.75 Å². The molecule has 0 aliphatic carbocycles. The molecular weight excluding hydrogens is 268 g/mol. The summed E-state index contributed by atoms with van der Waals surface area (Å²) in [4.78, 5) is 13.8. The normalized spacial score (nSPS) is 22.9. The second-order valence-electron chi connectivity index (χ2n) is 4.99. The Morgan fingerprint density at radius 2 is 2.25 bits per heavy atom. The Morgan fingerprint density at radius 1 is 1.50 bits per heavy atom. The molecule has 0 bridgehead atoms. The van der Waals surface area contributed by atoms with Gasteiger partial charge in [0, 0.05) is 18.7 Å². The maximum atomic E-state index is 12.3. The Kier molecular flexibility index (Phi) is 4.54. The van der Waals surface area contributed by atoms with E-state index in [0.717, 1.165) is 6.42 Å². The summed E-state index contributed by atoms with van der Waals surface area (Å²) in [5.41, 5.74) is 0.282. The predicted molar refractivity (Wildman–Crippen MR) is 68.8 cm³/mol. The van der Waals surface area contributed by atoms with E-state index in [2.05, 4.69) is 4.74 Å². The first-order valence-electron chi connectivity index (χ1n) is 6.49. The molecule has 2 atom stereocenters. The van der Waals surface area contributed by atoms with E-state index in [1.54, 1.807) is 6.07 Å². The van der Waals surface area contributed by atoms with Crippen molar-refractivity contribution in [2.24, 2.45) is 5.92 Å². The van der Waals surface area contributed by atoms with Crippen LogP contribution < -0.4 is 4.74 Å². The van der Waals surface area contributed by atoms with Crippen LogP contribution in [0.15, 0.2) is 24.3 Å². The van der Waals surface area contributed by atoms with E-state index in [1.165, 1.54) is 23.1 Å². The Bertz CT molecular complexity index is 481. The first-order chi connectivity index (χ1) is 9.47. The summed E-state index contributed by atoms with van der Waals surface area (Å²) in [7, 11) is 0. The van der Waals surface area contributed by atoms with Crippen LogP contribution in [0.2, 0.25) is 0 Å². The highest BCUT2D eigenvalue weighted by Crippen LogP contribution is 2.21. The van der Waals surface area contributed by atoms with Crippen LogP contribution in [0.4, 0.5) is 8.78 Å². The smallest absolute Gasteiger partial charge is 0.387 e. The van der Waals surface area contributed by atoms with Crippen molar-refractivity contribution in [3.63, 3.8) is 0 Å². The van der Waals surface area contributed by atoms with Crippen molar-refractivity contribution in [3.05, 3.63) is 29.8 Å². The Hall–Kier alpha value is -1.69. The van der Waals surface area contributed by atoms with Crippen LogP contribution in [0.25, 0.3) is 0 Å². The van der Waals surface area contributed by atoms with Crippen LogP contribution >= 0.6 is 0 Å². The zero-order valence-electron chi connectivity index (χ0n) is 11.1. The van der Waals surface area contributed by atoms with Crippen LogP contribution in [-0.4, -0.2) is 41.7 Å². The number of nitrogens with zero attached hydrogens (tertiary/aromatic N) is 1.